The van der Waals surface area contributed by atoms with E-state index in [2.05, 4.69) is 6.58 Å². The quantitative estimate of drug-likeness (QED) is 0.393. The van der Waals surface area contributed by atoms with Crippen LogP contribution in [0.1, 0.15) is 38.2 Å². The SMILES string of the molecule is C=CCN(C(=O)C1N(CCCCO)C(=O)[C@@H]2[C@H](C(=O)O)[C@]3(C)CCC12S3)c1c(C)cccc1Cl. The largest absolute Gasteiger partial charge is 0.481 e. The van der Waals surface area contributed by atoms with E-state index in [1.165, 1.54) is 11.8 Å². The van der Waals surface area contributed by atoms with Gasteiger partial charge in [-0.25, -0.2) is 0 Å². The Morgan fingerprint density at radius 2 is 2.09 bits per heavy atom. The molecule has 0 aromatic heterocycles. The fraction of sp³-hybridized carbons (Fsp3) is 0.560. The summed E-state index contributed by atoms with van der Waals surface area (Å²) >= 11 is 8.05. The van der Waals surface area contributed by atoms with Crippen LogP contribution in [0.4, 0.5) is 5.69 Å². The lowest BCUT2D eigenvalue weighted by Gasteiger charge is -2.37. The maximum atomic E-state index is 14.4. The first-order valence-electron chi connectivity index (χ1n) is 11.6. The van der Waals surface area contributed by atoms with Gasteiger partial charge in [0.05, 0.1) is 27.3 Å². The monoisotopic (exact) mass is 506 g/mol. The van der Waals surface area contributed by atoms with Gasteiger partial charge in [0.25, 0.3) is 5.91 Å². The van der Waals surface area contributed by atoms with Gasteiger partial charge in [-0.05, 0) is 51.2 Å². The van der Waals surface area contributed by atoms with Gasteiger partial charge in [-0.15, -0.1) is 18.3 Å². The number of hydrogen-bond donors (Lipinski definition) is 2. The molecule has 3 heterocycles. The van der Waals surface area contributed by atoms with Gasteiger partial charge in [0.1, 0.15) is 6.04 Å². The van der Waals surface area contributed by atoms with Gasteiger partial charge in [0.2, 0.25) is 5.91 Å². The second kappa shape index (κ2) is 9.21. The standard InChI is InChI=1S/C25H31ClN2O5S/c1-4-12-27(19-15(2)8-7-9-16(19)26)22(31)20-25-11-10-24(3,34-25)18(23(32)33)17(25)21(30)28(20)13-5-6-14-29/h4,7-9,17-18,20,29H,1,5-6,10-14H2,2-3H3,(H,32,33)/t17-,18+,20?,24-,25?/m0/s1. The molecule has 2 amide bonds. The van der Waals surface area contributed by atoms with Crippen LogP contribution in [-0.4, -0.2) is 68.1 Å². The van der Waals surface area contributed by atoms with Gasteiger partial charge in [-0.3, -0.25) is 14.4 Å². The Morgan fingerprint density at radius 1 is 1.35 bits per heavy atom. The molecule has 2 unspecified atom stereocenters. The maximum absolute atomic E-state index is 14.4. The Balaban J connectivity index is 1.82. The van der Waals surface area contributed by atoms with Gasteiger partial charge in [0.15, 0.2) is 0 Å². The van der Waals surface area contributed by atoms with E-state index in [0.717, 1.165) is 5.56 Å². The molecule has 9 heteroatoms. The van der Waals surface area contributed by atoms with E-state index < -0.39 is 33.3 Å². The van der Waals surface area contributed by atoms with Crippen LogP contribution in [0.25, 0.3) is 0 Å². The molecule has 1 aromatic carbocycles. The third-order valence-corrected chi connectivity index (χ3v) is 9.91. The van der Waals surface area contributed by atoms with E-state index in [9.17, 15) is 24.6 Å². The van der Waals surface area contributed by atoms with Crippen molar-refractivity contribution >= 4 is 46.8 Å². The van der Waals surface area contributed by atoms with Gasteiger partial charge in [-0.1, -0.05) is 29.8 Å². The summed E-state index contributed by atoms with van der Waals surface area (Å²) in [5, 5.41) is 19.8. The molecule has 3 aliphatic heterocycles. The first kappa shape index (κ1) is 25.1. The van der Waals surface area contributed by atoms with E-state index in [0.29, 0.717) is 42.9 Å². The van der Waals surface area contributed by atoms with Crippen molar-refractivity contribution in [2.24, 2.45) is 11.8 Å². The molecule has 184 valence electrons. The molecule has 1 aromatic rings. The summed E-state index contributed by atoms with van der Waals surface area (Å²) in [7, 11) is 0. The fourth-order valence-electron chi connectivity index (χ4n) is 6.25. The Morgan fingerprint density at radius 3 is 2.71 bits per heavy atom. The number of fused-ring (bicyclic) bond motifs is 1. The van der Waals surface area contributed by atoms with Gasteiger partial charge < -0.3 is 20.0 Å². The molecule has 0 radical (unpaired) electrons. The number of amides is 2. The highest BCUT2D eigenvalue weighted by Crippen LogP contribution is 2.71. The summed E-state index contributed by atoms with van der Waals surface area (Å²) in [6, 6.07) is 4.61. The molecule has 5 atom stereocenters. The van der Waals surface area contributed by atoms with Crippen LogP contribution in [0.15, 0.2) is 30.9 Å². The summed E-state index contributed by atoms with van der Waals surface area (Å²) in [4.78, 5) is 43.6. The number of thioether (sulfide) groups is 1. The number of carboxylic acid groups (broad SMARTS) is 1. The van der Waals surface area contributed by atoms with Crippen LogP contribution in [-0.2, 0) is 14.4 Å². The van der Waals surface area contributed by atoms with E-state index in [1.807, 2.05) is 26.0 Å². The van der Waals surface area contributed by atoms with E-state index in [1.54, 1.807) is 21.9 Å². The number of rotatable bonds is 9. The zero-order valence-electron chi connectivity index (χ0n) is 19.5. The van der Waals surface area contributed by atoms with E-state index in [4.69, 9.17) is 11.6 Å². The lowest BCUT2D eigenvalue weighted by Crippen LogP contribution is -2.55. The smallest absolute Gasteiger partial charge is 0.308 e. The Hall–Kier alpha value is -2.03. The number of halogens is 1. The molecular weight excluding hydrogens is 476 g/mol. The van der Waals surface area contributed by atoms with Crippen molar-refractivity contribution in [2.75, 3.05) is 24.6 Å². The summed E-state index contributed by atoms with van der Waals surface area (Å²) in [6.45, 7) is 8.10. The third-order valence-electron chi connectivity index (χ3n) is 7.62. The van der Waals surface area contributed by atoms with Crippen LogP contribution < -0.4 is 4.90 Å². The summed E-state index contributed by atoms with van der Waals surface area (Å²) in [5.74, 6) is -3.11. The predicted octanol–water partition coefficient (Wildman–Crippen LogP) is 3.51. The van der Waals surface area contributed by atoms with E-state index in [-0.39, 0.29) is 25.0 Å². The van der Waals surface area contributed by atoms with Crippen LogP contribution in [0.3, 0.4) is 0 Å². The Labute approximate surface area is 209 Å². The molecule has 2 N–H and O–H groups in total. The highest BCUT2D eigenvalue weighted by Gasteiger charge is 2.77. The van der Waals surface area contributed by atoms with Crippen molar-refractivity contribution < 1.29 is 24.6 Å². The molecular formula is C25H31ClN2O5S. The zero-order valence-corrected chi connectivity index (χ0v) is 21.1. The number of likely N-dealkylation sites (tertiary alicyclic amines) is 1. The van der Waals surface area contributed by atoms with Crippen LogP contribution in [0.5, 0.6) is 0 Å². The van der Waals surface area contributed by atoms with Gasteiger partial charge >= 0.3 is 5.97 Å². The molecule has 0 saturated carbocycles. The normalized spacial score (nSPS) is 31.6. The van der Waals surface area contributed by atoms with Crippen molar-refractivity contribution in [3.63, 3.8) is 0 Å². The second-order valence-corrected chi connectivity index (χ2v) is 12.0. The zero-order chi connectivity index (χ0) is 24.8. The van der Waals surface area contributed by atoms with Crippen molar-refractivity contribution in [3.05, 3.63) is 41.4 Å². The average Bonchev–Trinajstić information content (AvgIpc) is 3.34. The average molecular weight is 507 g/mol. The molecule has 4 rings (SSSR count). The number of nitrogens with zero attached hydrogens (tertiary/aromatic N) is 2. The summed E-state index contributed by atoms with van der Waals surface area (Å²) in [5.41, 5.74) is 1.40. The number of aryl methyl sites for hydroxylation is 1. The lowest BCUT2D eigenvalue weighted by molar-refractivity contribution is -0.150. The Kier molecular flexibility index (Phi) is 6.79. The minimum Gasteiger partial charge on any atom is -0.481 e. The Bertz CT molecular complexity index is 1010. The van der Waals surface area contributed by atoms with Crippen LogP contribution in [0.2, 0.25) is 5.02 Å². The topological polar surface area (TPSA) is 98.2 Å². The number of aliphatic hydroxyl groups is 1. The summed E-state index contributed by atoms with van der Waals surface area (Å²) in [6.07, 6.45) is 3.89. The van der Waals surface area contributed by atoms with Gasteiger partial charge in [0, 0.05) is 24.4 Å². The number of carbonyl (C=O) groups is 3. The van der Waals surface area contributed by atoms with Crippen LogP contribution >= 0.6 is 23.4 Å². The van der Waals surface area contributed by atoms with Crippen molar-refractivity contribution in [1.82, 2.24) is 4.90 Å². The predicted molar refractivity (Wildman–Crippen MR) is 133 cm³/mol. The number of unbranched alkanes of at least 4 members (excludes halogenated alkanes) is 1. The molecule has 7 nitrogen and oxygen atoms in total. The third kappa shape index (κ3) is 3.65. The van der Waals surface area contributed by atoms with Crippen molar-refractivity contribution in [1.29, 1.82) is 0 Å². The first-order chi connectivity index (χ1) is 16.1. The lowest BCUT2D eigenvalue weighted by atomic mass is 9.66. The minimum absolute atomic E-state index is 0.0127. The minimum atomic E-state index is -0.983. The van der Waals surface area contributed by atoms with Crippen LogP contribution in [0, 0.1) is 18.8 Å². The number of anilines is 1. The van der Waals surface area contributed by atoms with E-state index >= 15 is 0 Å². The molecule has 1 spiro atoms. The highest BCUT2D eigenvalue weighted by molar-refractivity contribution is 8.02. The summed E-state index contributed by atoms with van der Waals surface area (Å²) < 4.78 is -1.40. The number of para-hydroxylation sites is 1. The second-order valence-electron chi connectivity index (χ2n) is 9.67. The molecule has 0 aliphatic carbocycles. The highest BCUT2D eigenvalue weighted by atomic mass is 35.5. The molecule has 34 heavy (non-hydrogen) atoms. The first-order valence-corrected chi connectivity index (χ1v) is 12.8. The molecule has 3 aliphatic rings. The molecule has 2 bridgehead atoms. The fourth-order valence-corrected chi connectivity index (χ4v) is 8.92. The number of carboxylic acids is 1. The number of aliphatic hydroxyl groups excluding tert-OH is 1. The number of benzene rings is 1. The number of carbonyl (C=O) groups excluding carboxylic acids is 2. The number of aliphatic carboxylic acids is 1. The van der Waals surface area contributed by atoms with Gasteiger partial charge in [-0.2, -0.15) is 0 Å². The number of hydrogen-bond acceptors (Lipinski definition) is 5. The van der Waals surface area contributed by atoms with Crippen molar-refractivity contribution in [2.45, 2.75) is 55.1 Å². The maximum Gasteiger partial charge on any atom is 0.308 e. The van der Waals surface area contributed by atoms with Crippen molar-refractivity contribution in [3.8, 4) is 0 Å². The molecule has 3 saturated heterocycles. The molecule has 3 fully saturated rings.